The fourth-order valence-electron chi connectivity index (χ4n) is 2.18. The molecule has 0 heterocycles. The molecule has 0 aromatic heterocycles. The second kappa shape index (κ2) is 4.68. The Hall–Kier alpha value is -1.32. The highest BCUT2D eigenvalue weighted by Crippen LogP contribution is 2.31. The molecular formula is C12H16F2N2. The van der Waals surface area contributed by atoms with E-state index in [1.807, 2.05) is 0 Å². The van der Waals surface area contributed by atoms with Gasteiger partial charge in [0.25, 0.3) is 6.43 Å². The maximum Gasteiger partial charge on any atom is 0.265 e. The Kier molecular flexibility index (Phi) is 3.27. The lowest BCUT2D eigenvalue weighted by Gasteiger charge is -2.17. The van der Waals surface area contributed by atoms with E-state index in [0.717, 1.165) is 12.8 Å². The van der Waals surface area contributed by atoms with Gasteiger partial charge < -0.3 is 11.1 Å². The summed E-state index contributed by atoms with van der Waals surface area (Å²) in [6.45, 7) is 0. The number of nitrogen functional groups attached to an aromatic ring is 1. The van der Waals surface area contributed by atoms with Crippen LogP contribution in [-0.4, -0.2) is 6.04 Å². The Labute approximate surface area is 93.8 Å². The normalized spacial score (nSPS) is 16.9. The monoisotopic (exact) mass is 226 g/mol. The van der Waals surface area contributed by atoms with E-state index in [4.69, 9.17) is 5.73 Å². The SMILES string of the molecule is Nc1ccc(NC2CCCC2)c(C(F)F)c1. The lowest BCUT2D eigenvalue weighted by atomic mass is 10.1. The molecule has 0 spiro atoms. The molecule has 1 aromatic carbocycles. The van der Waals surface area contributed by atoms with E-state index in [-0.39, 0.29) is 5.56 Å². The van der Waals surface area contributed by atoms with Gasteiger partial charge in [0, 0.05) is 23.0 Å². The largest absolute Gasteiger partial charge is 0.399 e. The summed E-state index contributed by atoms with van der Waals surface area (Å²) in [5.74, 6) is 0. The van der Waals surface area contributed by atoms with Gasteiger partial charge in [-0.25, -0.2) is 8.78 Å². The van der Waals surface area contributed by atoms with Gasteiger partial charge in [0.2, 0.25) is 0 Å². The van der Waals surface area contributed by atoms with E-state index in [1.54, 1.807) is 12.1 Å². The van der Waals surface area contributed by atoms with Gasteiger partial charge in [0.1, 0.15) is 0 Å². The molecule has 0 bridgehead atoms. The molecule has 88 valence electrons. The summed E-state index contributed by atoms with van der Waals surface area (Å²) < 4.78 is 25.6. The Morgan fingerprint density at radius 3 is 2.56 bits per heavy atom. The first kappa shape index (κ1) is 11.2. The summed E-state index contributed by atoms with van der Waals surface area (Å²) in [7, 11) is 0. The van der Waals surface area contributed by atoms with Crippen LogP contribution in [-0.2, 0) is 0 Å². The van der Waals surface area contributed by atoms with Crippen molar-refractivity contribution in [3.05, 3.63) is 23.8 Å². The van der Waals surface area contributed by atoms with Gasteiger partial charge in [-0.3, -0.25) is 0 Å². The van der Waals surface area contributed by atoms with Crippen molar-refractivity contribution in [3.8, 4) is 0 Å². The molecule has 1 saturated carbocycles. The molecule has 0 aliphatic heterocycles. The zero-order chi connectivity index (χ0) is 11.5. The zero-order valence-electron chi connectivity index (χ0n) is 9.05. The van der Waals surface area contributed by atoms with Crippen LogP contribution in [0, 0.1) is 0 Å². The average Bonchev–Trinajstić information content (AvgIpc) is 2.73. The number of rotatable bonds is 3. The molecule has 0 unspecified atom stereocenters. The van der Waals surface area contributed by atoms with Crippen LogP contribution in [0.2, 0.25) is 0 Å². The first-order valence-electron chi connectivity index (χ1n) is 5.61. The third-order valence-corrected chi connectivity index (χ3v) is 3.03. The standard InChI is InChI=1S/C12H16F2N2/c13-12(14)10-7-8(15)5-6-11(10)16-9-3-1-2-4-9/h5-7,9,12,16H,1-4,15H2. The van der Waals surface area contributed by atoms with Crippen LogP contribution in [0.1, 0.15) is 37.7 Å². The Morgan fingerprint density at radius 2 is 1.94 bits per heavy atom. The van der Waals surface area contributed by atoms with E-state index in [0.29, 0.717) is 17.4 Å². The molecule has 1 aromatic rings. The molecule has 4 heteroatoms. The van der Waals surface area contributed by atoms with Crippen molar-refractivity contribution in [2.45, 2.75) is 38.2 Å². The van der Waals surface area contributed by atoms with Crippen molar-refractivity contribution in [1.29, 1.82) is 0 Å². The quantitative estimate of drug-likeness (QED) is 0.773. The minimum absolute atomic E-state index is 0.00639. The zero-order valence-corrected chi connectivity index (χ0v) is 9.05. The van der Waals surface area contributed by atoms with E-state index < -0.39 is 6.43 Å². The number of anilines is 2. The van der Waals surface area contributed by atoms with Crippen molar-refractivity contribution in [3.63, 3.8) is 0 Å². The second-order valence-electron chi connectivity index (χ2n) is 4.27. The van der Waals surface area contributed by atoms with Crippen LogP contribution >= 0.6 is 0 Å². The molecule has 1 fully saturated rings. The Morgan fingerprint density at radius 1 is 1.25 bits per heavy atom. The van der Waals surface area contributed by atoms with E-state index in [2.05, 4.69) is 5.32 Å². The van der Waals surface area contributed by atoms with Crippen molar-refractivity contribution in [2.75, 3.05) is 11.1 Å². The van der Waals surface area contributed by atoms with Crippen LogP contribution < -0.4 is 11.1 Å². The summed E-state index contributed by atoms with van der Waals surface area (Å²) in [5, 5.41) is 3.18. The second-order valence-corrected chi connectivity index (χ2v) is 4.27. The lowest BCUT2D eigenvalue weighted by molar-refractivity contribution is 0.152. The highest BCUT2D eigenvalue weighted by atomic mass is 19.3. The molecule has 1 aliphatic carbocycles. The molecular weight excluding hydrogens is 210 g/mol. The molecule has 0 atom stereocenters. The lowest BCUT2D eigenvalue weighted by Crippen LogP contribution is -2.16. The summed E-state index contributed by atoms with van der Waals surface area (Å²) in [6, 6.07) is 4.99. The van der Waals surface area contributed by atoms with Crippen LogP contribution in [0.3, 0.4) is 0 Å². The topological polar surface area (TPSA) is 38.0 Å². The number of benzene rings is 1. The van der Waals surface area contributed by atoms with Gasteiger partial charge in [-0.1, -0.05) is 12.8 Å². The number of hydrogen-bond acceptors (Lipinski definition) is 2. The van der Waals surface area contributed by atoms with Gasteiger partial charge in [0.15, 0.2) is 0 Å². The van der Waals surface area contributed by atoms with Crippen LogP contribution in [0.5, 0.6) is 0 Å². The predicted molar refractivity (Wildman–Crippen MR) is 61.7 cm³/mol. The van der Waals surface area contributed by atoms with E-state index in [9.17, 15) is 8.78 Å². The average molecular weight is 226 g/mol. The van der Waals surface area contributed by atoms with Gasteiger partial charge in [-0.2, -0.15) is 0 Å². The number of nitrogens with one attached hydrogen (secondary N) is 1. The summed E-state index contributed by atoms with van der Waals surface area (Å²) in [6.07, 6.45) is 2.00. The number of hydrogen-bond donors (Lipinski definition) is 2. The molecule has 3 N–H and O–H groups in total. The van der Waals surface area contributed by atoms with Crippen LogP contribution in [0.15, 0.2) is 18.2 Å². The summed E-state index contributed by atoms with van der Waals surface area (Å²) in [5.41, 5.74) is 6.42. The van der Waals surface area contributed by atoms with Crippen LogP contribution in [0.25, 0.3) is 0 Å². The minimum atomic E-state index is -2.48. The molecule has 0 amide bonds. The fourth-order valence-corrected chi connectivity index (χ4v) is 2.18. The Bertz CT molecular complexity index is 360. The number of alkyl halides is 2. The van der Waals surface area contributed by atoms with Crippen molar-refractivity contribution < 1.29 is 8.78 Å². The highest BCUT2D eigenvalue weighted by molar-refractivity contribution is 5.59. The summed E-state index contributed by atoms with van der Waals surface area (Å²) >= 11 is 0. The number of halogens is 2. The van der Waals surface area contributed by atoms with E-state index in [1.165, 1.54) is 18.9 Å². The third-order valence-electron chi connectivity index (χ3n) is 3.03. The summed E-state index contributed by atoms with van der Waals surface area (Å²) in [4.78, 5) is 0. The predicted octanol–water partition coefficient (Wildman–Crippen LogP) is 3.56. The van der Waals surface area contributed by atoms with E-state index >= 15 is 0 Å². The van der Waals surface area contributed by atoms with Gasteiger partial charge in [-0.05, 0) is 31.0 Å². The van der Waals surface area contributed by atoms with Gasteiger partial charge in [-0.15, -0.1) is 0 Å². The van der Waals surface area contributed by atoms with Crippen molar-refractivity contribution >= 4 is 11.4 Å². The molecule has 16 heavy (non-hydrogen) atoms. The first-order valence-corrected chi connectivity index (χ1v) is 5.61. The molecule has 2 nitrogen and oxygen atoms in total. The maximum absolute atomic E-state index is 12.8. The molecule has 2 rings (SSSR count). The van der Waals surface area contributed by atoms with Crippen molar-refractivity contribution in [2.24, 2.45) is 0 Å². The highest BCUT2D eigenvalue weighted by Gasteiger charge is 2.18. The Balaban J connectivity index is 2.18. The van der Waals surface area contributed by atoms with Crippen LogP contribution in [0.4, 0.5) is 20.2 Å². The minimum Gasteiger partial charge on any atom is -0.399 e. The first-order chi connectivity index (χ1) is 7.66. The van der Waals surface area contributed by atoms with Crippen molar-refractivity contribution in [1.82, 2.24) is 0 Å². The van der Waals surface area contributed by atoms with Gasteiger partial charge in [0.05, 0.1) is 0 Å². The third kappa shape index (κ3) is 2.43. The van der Waals surface area contributed by atoms with Gasteiger partial charge >= 0.3 is 0 Å². The smallest absolute Gasteiger partial charge is 0.265 e. The number of nitrogens with two attached hydrogens (primary N) is 1. The maximum atomic E-state index is 12.8. The molecule has 0 radical (unpaired) electrons. The fraction of sp³-hybridized carbons (Fsp3) is 0.500. The molecule has 1 aliphatic rings. The molecule has 0 saturated heterocycles.